The Labute approximate surface area is 893 Å². The van der Waals surface area contributed by atoms with E-state index in [1.54, 1.807) is 0 Å². The van der Waals surface area contributed by atoms with Crippen LogP contribution >= 0.6 is 0 Å². The first-order chi connectivity index (χ1) is 69.9. The SMILES string of the molecule is CCCCCCCCCCCCCCCCCCCCCCCCCCCCCCCCCCCCCCCCCCCCCCCCCCCCCCCCCCCCCCCCCCCCCCCCCCCCCCCCCCCCCCCCCCCCCCCCCCCCCCCCCCCCCCCCCCCCCCCCCCCCCCCCCCCCCCCCCCCC. The first-order valence-corrected chi connectivity index (χ1v) is 69.9. The largest absolute Gasteiger partial charge is 0.0654 e. The van der Waals surface area contributed by atoms with Gasteiger partial charge in [-0.2, -0.15) is 0 Å². The lowest BCUT2D eigenvalue weighted by molar-refractivity contribution is 0.504. The van der Waals surface area contributed by atoms with Crippen molar-refractivity contribution in [2.24, 2.45) is 0 Å². The third-order valence-electron chi connectivity index (χ3n) is 34.5. The van der Waals surface area contributed by atoms with Gasteiger partial charge in [0.05, 0.1) is 0 Å². The molecule has 0 aromatic heterocycles. The monoisotopic (exact) mass is 1960 g/mol. The predicted octanol–water partition coefficient (Wildman–Crippen LogP) is 54.9. The maximum absolute atomic E-state index is 2.32. The van der Waals surface area contributed by atoms with Crippen LogP contribution < -0.4 is 0 Å². The summed E-state index contributed by atoms with van der Waals surface area (Å²) in [5, 5.41) is 0. The summed E-state index contributed by atoms with van der Waals surface area (Å²) in [5.41, 5.74) is 0. The molecule has 0 heterocycles. The summed E-state index contributed by atoms with van der Waals surface area (Å²) in [6, 6.07) is 0. The molecule has 0 spiro atoms. The zero-order valence-electron chi connectivity index (χ0n) is 99.6. The Morgan fingerprint density at radius 3 is 0.0786 bits per heavy atom. The Balaban J connectivity index is 3.10. The van der Waals surface area contributed by atoms with E-state index in [-0.39, 0.29) is 0 Å². The van der Waals surface area contributed by atoms with E-state index < -0.39 is 0 Å². The fourth-order valence-corrected chi connectivity index (χ4v) is 24.2. The minimum absolute atomic E-state index is 1.37. The van der Waals surface area contributed by atoms with Gasteiger partial charge in [0.1, 0.15) is 0 Å². The van der Waals surface area contributed by atoms with Crippen LogP contribution in [-0.4, -0.2) is 0 Å². The van der Waals surface area contributed by atoms with Crippen molar-refractivity contribution < 1.29 is 0 Å². The molecule has 0 saturated heterocycles. The van der Waals surface area contributed by atoms with Gasteiger partial charge in [0.25, 0.3) is 0 Å². The maximum atomic E-state index is 2.32. The van der Waals surface area contributed by atoms with Crippen LogP contribution in [0.15, 0.2) is 0 Å². The van der Waals surface area contributed by atoms with Crippen LogP contribution in [-0.2, 0) is 0 Å². The molecule has 0 saturated carbocycles. The van der Waals surface area contributed by atoms with E-state index >= 15 is 0 Å². The summed E-state index contributed by atoms with van der Waals surface area (Å²) in [7, 11) is 0. The Hall–Kier alpha value is 0. The van der Waals surface area contributed by atoms with Crippen molar-refractivity contribution in [2.75, 3.05) is 0 Å². The fraction of sp³-hybridized carbons (Fsp3) is 1.00. The third kappa shape index (κ3) is 138. The Bertz CT molecular complexity index is 1650. The second-order valence-corrected chi connectivity index (χ2v) is 49.1. The van der Waals surface area contributed by atoms with Gasteiger partial charge in [0.15, 0.2) is 0 Å². The van der Waals surface area contributed by atoms with Gasteiger partial charge in [0, 0.05) is 0 Å². The van der Waals surface area contributed by atoms with Crippen LogP contribution in [0.2, 0.25) is 0 Å². The van der Waals surface area contributed by atoms with E-state index in [9.17, 15) is 0 Å². The Morgan fingerprint density at radius 2 is 0.0571 bits per heavy atom. The van der Waals surface area contributed by atoms with Crippen molar-refractivity contribution >= 4 is 0 Å². The van der Waals surface area contributed by atoms with E-state index in [2.05, 4.69) is 13.8 Å². The van der Waals surface area contributed by atoms with Crippen LogP contribution in [0.25, 0.3) is 0 Å². The van der Waals surface area contributed by atoms with E-state index in [4.69, 9.17) is 0 Å². The highest BCUT2D eigenvalue weighted by atomic mass is 14.1. The molecule has 0 aliphatic heterocycles. The average Bonchev–Trinajstić information content (AvgIpc) is 1.10. The number of hydrogen-bond donors (Lipinski definition) is 0. The highest BCUT2D eigenvalue weighted by Gasteiger charge is 2.08. The smallest absolute Gasteiger partial charge is 0.0533 e. The molecule has 0 amide bonds. The molecule has 0 rings (SSSR count). The molecule has 0 aliphatic carbocycles. The predicted molar refractivity (Wildman–Crippen MR) is 648 cm³/mol. The minimum atomic E-state index is 1.37. The molecule has 0 radical (unpaired) electrons. The molecule has 0 bridgehead atoms. The maximum Gasteiger partial charge on any atom is -0.0533 e. The standard InChI is InChI=1S/C140H282/c1-3-5-7-9-11-13-15-17-19-21-23-25-27-29-31-33-35-37-39-41-43-45-47-49-51-53-55-57-59-61-63-65-67-69-71-73-75-77-79-81-83-85-87-89-91-93-95-97-99-101-103-105-107-109-111-113-115-117-119-121-123-125-127-129-131-133-135-137-139-140-138-136-134-132-130-128-126-124-122-120-118-116-114-112-110-108-106-104-102-100-98-96-94-92-90-88-86-84-82-80-78-76-74-72-70-68-66-64-62-60-58-56-54-52-50-48-46-44-42-40-38-36-34-32-30-28-26-24-22-20-18-16-14-12-10-8-6-4-2/h3-140H2,1-2H3. The highest BCUT2D eigenvalue weighted by Crippen LogP contribution is 2.28. The summed E-state index contributed by atoms with van der Waals surface area (Å²) < 4.78 is 0. The molecule has 0 atom stereocenters. The van der Waals surface area contributed by atoms with Gasteiger partial charge < -0.3 is 0 Å². The molecular formula is C140H282. The quantitative estimate of drug-likeness (QED) is 0.0533. The van der Waals surface area contributed by atoms with Gasteiger partial charge in [-0.1, -0.05) is 900 Å². The average molecular weight is 1970 g/mol. The highest BCUT2D eigenvalue weighted by molar-refractivity contribution is 4.64. The number of hydrogen-bond acceptors (Lipinski definition) is 0. The molecule has 842 valence electrons. The van der Waals surface area contributed by atoms with E-state index in [0.717, 1.165) is 0 Å². The third-order valence-corrected chi connectivity index (χ3v) is 34.5. The molecule has 0 aromatic carbocycles. The van der Waals surface area contributed by atoms with Crippen LogP contribution in [0.5, 0.6) is 0 Å². The van der Waals surface area contributed by atoms with Crippen molar-refractivity contribution in [3.8, 4) is 0 Å². The topological polar surface area (TPSA) is 0 Å². The van der Waals surface area contributed by atoms with Crippen molar-refractivity contribution in [1.82, 2.24) is 0 Å². The molecule has 0 aromatic rings. The molecule has 140 heavy (non-hydrogen) atoms. The van der Waals surface area contributed by atoms with Gasteiger partial charge in [-0.05, 0) is 0 Å². The molecule has 0 heteroatoms. The van der Waals surface area contributed by atoms with Crippen LogP contribution in [0.3, 0.4) is 0 Å². The summed E-state index contributed by atoms with van der Waals surface area (Å²) in [6.07, 6.45) is 206. The second-order valence-electron chi connectivity index (χ2n) is 49.1. The molecule has 0 unspecified atom stereocenters. The van der Waals surface area contributed by atoms with Crippen molar-refractivity contribution in [1.29, 1.82) is 0 Å². The van der Waals surface area contributed by atoms with E-state index in [1.165, 1.54) is 886 Å². The summed E-state index contributed by atoms with van der Waals surface area (Å²) >= 11 is 0. The molecule has 0 N–H and O–H groups in total. The van der Waals surface area contributed by atoms with E-state index in [1.807, 2.05) is 0 Å². The van der Waals surface area contributed by atoms with E-state index in [0.29, 0.717) is 0 Å². The minimum Gasteiger partial charge on any atom is -0.0654 e. The second kappa shape index (κ2) is 139. The van der Waals surface area contributed by atoms with Gasteiger partial charge >= 0.3 is 0 Å². The lowest BCUT2D eigenvalue weighted by atomic mass is 10.0. The zero-order valence-corrected chi connectivity index (χ0v) is 99.6. The van der Waals surface area contributed by atoms with Gasteiger partial charge in [-0.25, -0.2) is 0 Å². The Kier molecular flexibility index (Phi) is 139. The summed E-state index contributed by atoms with van der Waals surface area (Å²) in [4.78, 5) is 0. The first-order valence-electron chi connectivity index (χ1n) is 69.9. The Morgan fingerprint density at radius 1 is 0.0357 bits per heavy atom. The van der Waals surface area contributed by atoms with Gasteiger partial charge in [-0.3, -0.25) is 0 Å². The molecule has 0 nitrogen and oxygen atoms in total. The number of rotatable bonds is 137. The van der Waals surface area contributed by atoms with Crippen molar-refractivity contribution in [2.45, 2.75) is 900 Å². The fourth-order valence-electron chi connectivity index (χ4n) is 24.2. The number of unbranched alkanes of at least 4 members (excludes halogenated alkanes) is 137. The molecular weight excluding hydrogens is 1680 g/mol. The first kappa shape index (κ1) is 140. The van der Waals surface area contributed by atoms with Gasteiger partial charge in [0.2, 0.25) is 0 Å². The normalized spacial score (nSPS) is 11.9. The molecule has 0 fully saturated rings. The van der Waals surface area contributed by atoms with Crippen LogP contribution in [0.1, 0.15) is 900 Å². The lowest BCUT2D eigenvalue weighted by Crippen LogP contribution is -1.85. The lowest BCUT2D eigenvalue weighted by Gasteiger charge is -2.05. The van der Waals surface area contributed by atoms with Crippen LogP contribution in [0, 0.1) is 0 Å². The van der Waals surface area contributed by atoms with Crippen molar-refractivity contribution in [3.63, 3.8) is 0 Å². The summed E-state index contributed by atoms with van der Waals surface area (Å²) in [5.74, 6) is 0. The molecule has 0 aliphatic rings. The van der Waals surface area contributed by atoms with Gasteiger partial charge in [-0.15, -0.1) is 0 Å². The van der Waals surface area contributed by atoms with Crippen molar-refractivity contribution in [3.05, 3.63) is 0 Å². The van der Waals surface area contributed by atoms with Crippen LogP contribution in [0.4, 0.5) is 0 Å². The summed E-state index contributed by atoms with van der Waals surface area (Å²) in [6.45, 7) is 4.64. The zero-order chi connectivity index (χ0) is 99.6.